The summed E-state index contributed by atoms with van der Waals surface area (Å²) in [6.07, 6.45) is 3.92. The third kappa shape index (κ3) is 5.16. The predicted molar refractivity (Wildman–Crippen MR) is 101 cm³/mol. The van der Waals surface area contributed by atoms with Crippen LogP contribution in [0.25, 0.3) is 0 Å². The first-order valence-electron chi connectivity index (χ1n) is 8.84. The molecule has 0 spiro atoms. The highest BCUT2D eigenvalue weighted by Gasteiger charge is 2.26. The minimum absolute atomic E-state index is 0.0795. The van der Waals surface area contributed by atoms with Crippen LogP contribution in [0, 0.1) is 5.92 Å². The van der Waals surface area contributed by atoms with Gasteiger partial charge in [0, 0.05) is 33.6 Å². The van der Waals surface area contributed by atoms with Crippen LogP contribution in [0.2, 0.25) is 0 Å². The Bertz CT molecular complexity index is 782. The molecular weight excluding hydrogens is 346 g/mol. The Kier molecular flexibility index (Phi) is 5.85. The summed E-state index contributed by atoms with van der Waals surface area (Å²) in [5.74, 6) is 1.75. The highest BCUT2D eigenvalue weighted by molar-refractivity contribution is 5.87. The maximum Gasteiger partial charge on any atom is 0.323 e. The minimum Gasteiger partial charge on any atom is -0.454 e. The topological polar surface area (TPSA) is 87.7 Å². The van der Waals surface area contributed by atoms with Crippen LogP contribution in [-0.4, -0.2) is 58.4 Å². The molecule has 3 amide bonds. The SMILES string of the molecule is CC(=O)N1CCC(CN(C)C(=O)Nc2ncc(Oc3ccccc3)cn2)C1. The number of para-hydroxylation sites is 1. The summed E-state index contributed by atoms with van der Waals surface area (Å²) in [7, 11) is 1.72. The zero-order valence-electron chi connectivity index (χ0n) is 15.5. The molecule has 142 valence electrons. The first kappa shape index (κ1) is 18.6. The number of rotatable bonds is 5. The maximum atomic E-state index is 12.3. The van der Waals surface area contributed by atoms with Gasteiger partial charge in [0.1, 0.15) is 5.75 Å². The predicted octanol–water partition coefficient (Wildman–Crippen LogP) is 2.60. The summed E-state index contributed by atoms with van der Waals surface area (Å²) in [4.78, 5) is 35.3. The molecule has 1 aliphatic rings. The lowest BCUT2D eigenvalue weighted by Gasteiger charge is -2.21. The number of ether oxygens (including phenoxy) is 1. The molecule has 2 aromatic rings. The standard InChI is InChI=1S/C19H23N5O3/c1-14(25)24-9-8-15(13-24)12-23(2)19(26)22-18-20-10-17(11-21-18)27-16-6-4-3-5-7-16/h3-7,10-11,15H,8-9,12-13H2,1-2H3,(H,20,21,22,26). The van der Waals surface area contributed by atoms with Crippen LogP contribution in [0.4, 0.5) is 10.7 Å². The molecule has 1 aromatic carbocycles. The number of anilines is 1. The van der Waals surface area contributed by atoms with Crippen molar-refractivity contribution in [3.63, 3.8) is 0 Å². The number of benzene rings is 1. The van der Waals surface area contributed by atoms with Crippen molar-refractivity contribution in [2.45, 2.75) is 13.3 Å². The van der Waals surface area contributed by atoms with Gasteiger partial charge in [-0.05, 0) is 24.5 Å². The number of aromatic nitrogens is 2. The van der Waals surface area contributed by atoms with E-state index >= 15 is 0 Å². The van der Waals surface area contributed by atoms with Crippen LogP contribution in [0.5, 0.6) is 11.5 Å². The Morgan fingerprint density at radius 2 is 1.93 bits per heavy atom. The third-order valence-corrected chi connectivity index (χ3v) is 4.44. The van der Waals surface area contributed by atoms with E-state index in [4.69, 9.17) is 4.74 Å². The molecule has 3 rings (SSSR count). The van der Waals surface area contributed by atoms with Crippen molar-refractivity contribution in [1.82, 2.24) is 19.8 Å². The van der Waals surface area contributed by atoms with E-state index in [9.17, 15) is 9.59 Å². The fourth-order valence-corrected chi connectivity index (χ4v) is 2.99. The number of likely N-dealkylation sites (tertiary alicyclic amines) is 1. The second-order valence-corrected chi connectivity index (χ2v) is 6.59. The number of hydrogen-bond acceptors (Lipinski definition) is 5. The molecule has 1 saturated heterocycles. The molecule has 1 fully saturated rings. The lowest BCUT2D eigenvalue weighted by molar-refractivity contribution is -0.127. The molecule has 1 unspecified atom stereocenters. The van der Waals surface area contributed by atoms with Crippen LogP contribution >= 0.6 is 0 Å². The van der Waals surface area contributed by atoms with E-state index in [0.717, 1.165) is 13.0 Å². The number of carbonyl (C=O) groups excluding carboxylic acids is 2. The van der Waals surface area contributed by atoms with Crippen molar-refractivity contribution >= 4 is 17.9 Å². The molecule has 8 heteroatoms. The van der Waals surface area contributed by atoms with Crippen LogP contribution in [0.15, 0.2) is 42.7 Å². The summed E-state index contributed by atoms with van der Waals surface area (Å²) >= 11 is 0. The van der Waals surface area contributed by atoms with E-state index in [-0.39, 0.29) is 23.8 Å². The van der Waals surface area contributed by atoms with E-state index < -0.39 is 0 Å². The first-order valence-corrected chi connectivity index (χ1v) is 8.84. The van der Waals surface area contributed by atoms with Crippen molar-refractivity contribution < 1.29 is 14.3 Å². The zero-order valence-corrected chi connectivity index (χ0v) is 15.5. The average Bonchev–Trinajstić information content (AvgIpc) is 3.13. The Hall–Kier alpha value is -3.16. The Morgan fingerprint density at radius 1 is 1.22 bits per heavy atom. The van der Waals surface area contributed by atoms with Crippen LogP contribution < -0.4 is 10.1 Å². The van der Waals surface area contributed by atoms with Gasteiger partial charge in [0.15, 0.2) is 5.75 Å². The lowest BCUT2D eigenvalue weighted by Crippen LogP contribution is -2.36. The van der Waals surface area contributed by atoms with E-state index in [0.29, 0.717) is 24.6 Å². The Labute approximate surface area is 158 Å². The molecule has 27 heavy (non-hydrogen) atoms. The largest absolute Gasteiger partial charge is 0.454 e. The van der Waals surface area contributed by atoms with Gasteiger partial charge in [0.05, 0.1) is 12.4 Å². The van der Waals surface area contributed by atoms with Crippen molar-refractivity contribution in [3.8, 4) is 11.5 Å². The van der Waals surface area contributed by atoms with Gasteiger partial charge < -0.3 is 14.5 Å². The summed E-state index contributed by atoms with van der Waals surface area (Å²) < 4.78 is 5.62. The molecule has 8 nitrogen and oxygen atoms in total. The summed E-state index contributed by atoms with van der Waals surface area (Å²) in [5, 5.41) is 2.67. The minimum atomic E-state index is -0.284. The van der Waals surface area contributed by atoms with Gasteiger partial charge >= 0.3 is 6.03 Å². The normalized spacial score (nSPS) is 16.1. The number of amides is 3. The van der Waals surface area contributed by atoms with Gasteiger partial charge in [0.25, 0.3) is 0 Å². The van der Waals surface area contributed by atoms with Gasteiger partial charge in [-0.2, -0.15) is 0 Å². The highest BCUT2D eigenvalue weighted by atomic mass is 16.5. The molecule has 1 atom stereocenters. The van der Waals surface area contributed by atoms with Crippen LogP contribution in [0.1, 0.15) is 13.3 Å². The molecule has 0 bridgehead atoms. The number of hydrogen-bond donors (Lipinski definition) is 1. The maximum absolute atomic E-state index is 12.3. The average molecular weight is 369 g/mol. The molecule has 0 radical (unpaired) electrons. The fraction of sp³-hybridized carbons (Fsp3) is 0.368. The van der Waals surface area contributed by atoms with Crippen molar-refractivity contribution in [1.29, 1.82) is 0 Å². The summed E-state index contributed by atoms with van der Waals surface area (Å²) in [5.41, 5.74) is 0. The molecule has 2 heterocycles. The van der Waals surface area contributed by atoms with E-state index in [1.165, 1.54) is 12.4 Å². The molecule has 1 N–H and O–H groups in total. The summed E-state index contributed by atoms with van der Waals surface area (Å²) in [6, 6.07) is 9.04. The zero-order chi connectivity index (χ0) is 19.2. The van der Waals surface area contributed by atoms with Crippen LogP contribution in [-0.2, 0) is 4.79 Å². The molecule has 0 aliphatic carbocycles. The second kappa shape index (κ2) is 8.48. The number of nitrogens with one attached hydrogen (secondary N) is 1. The Balaban J connectivity index is 1.49. The van der Waals surface area contributed by atoms with Gasteiger partial charge in [-0.1, -0.05) is 18.2 Å². The number of urea groups is 1. The van der Waals surface area contributed by atoms with Crippen molar-refractivity contribution in [2.75, 3.05) is 32.0 Å². The van der Waals surface area contributed by atoms with Gasteiger partial charge in [-0.3, -0.25) is 10.1 Å². The Morgan fingerprint density at radius 3 is 2.56 bits per heavy atom. The molecule has 0 saturated carbocycles. The second-order valence-electron chi connectivity index (χ2n) is 6.59. The number of carbonyl (C=O) groups is 2. The fourth-order valence-electron chi connectivity index (χ4n) is 2.99. The van der Waals surface area contributed by atoms with Crippen LogP contribution in [0.3, 0.4) is 0 Å². The smallest absolute Gasteiger partial charge is 0.323 e. The number of nitrogens with zero attached hydrogens (tertiary/aromatic N) is 4. The highest BCUT2D eigenvalue weighted by Crippen LogP contribution is 2.20. The summed E-state index contributed by atoms with van der Waals surface area (Å²) in [6.45, 7) is 3.59. The molecule has 1 aliphatic heterocycles. The van der Waals surface area contributed by atoms with E-state index in [2.05, 4.69) is 15.3 Å². The lowest BCUT2D eigenvalue weighted by atomic mass is 10.1. The van der Waals surface area contributed by atoms with Crippen molar-refractivity contribution in [3.05, 3.63) is 42.7 Å². The molecular formula is C19H23N5O3. The quantitative estimate of drug-likeness (QED) is 0.875. The molecule has 1 aromatic heterocycles. The van der Waals surface area contributed by atoms with E-state index in [1.807, 2.05) is 35.2 Å². The van der Waals surface area contributed by atoms with Gasteiger partial charge in [-0.15, -0.1) is 0 Å². The first-order chi connectivity index (χ1) is 13.0. The van der Waals surface area contributed by atoms with Gasteiger partial charge in [-0.25, -0.2) is 14.8 Å². The monoisotopic (exact) mass is 369 g/mol. The third-order valence-electron chi connectivity index (χ3n) is 4.44. The van der Waals surface area contributed by atoms with Gasteiger partial charge in [0.2, 0.25) is 11.9 Å². The van der Waals surface area contributed by atoms with E-state index in [1.54, 1.807) is 18.9 Å². The van der Waals surface area contributed by atoms with Crippen molar-refractivity contribution in [2.24, 2.45) is 5.92 Å².